The number of hydrogen-bond acceptors (Lipinski definition) is 5. The molecule has 0 aliphatic heterocycles. The van der Waals surface area contributed by atoms with E-state index in [0.717, 1.165) is 35.8 Å². The minimum atomic E-state index is -0.590. The molecule has 5 rings (SSSR count). The average molecular weight is 533 g/mol. The van der Waals surface area contributed by atoms with Gasteiger partial charge in [-0.2, -0.15) is 0 Å². The third-order valence-electron chi connectivity index (χ3n) is 9.07. The van der Waals surface area contributed by atoms with E-state index >= 15 is 0 Å². The molecule has 2 fully saturated rings. The number of hydrogen-bond donors (Lipinski definition) is 4. The fourth-order valence-electron chi connectivity index (χ4n) is 6.92. The predicted molar refractivity (Wildman–Crippen MR) is 156 cm³/mol. The topological polar surface area (TPSA) is 92.9 Å². The number of imidazole rings is 2. The molecule has 2 saturated carbocycles. The molecule has 2 aromatic heterocycles. The number of nitrogens with one attached hydrogen (secondary N) is 3. The van der Waals surface area contributed by atoms with E-state index in [1.54, 1.807) is 12.4 Å². The van der Waals surface area contributed by atoms with Crippen LogP contribution in [-0.2, 0) is 19.4 Å². The fraction of sp³-hybridized carbons (Fsp3) is 0.625. The second kappa shape index (κ2) is 14.2. The molecule has 7 nitrogen and oxygen atoms in total. The van der Waals surface area contributed by atoms with Gasteiger partial charge in [0.1, 0.15) is 11.6 Å². The number of nitrogens with zero attached hydrogens (tertiary/aromatic N) is 3. The van der Waals surface area contributed by atoms with Gasteiger partial charge >= 0.3 is 0 Å². The number of aromatic nitrogens is 4. The van der Waals surface area contributed by atoms with Crippen LogP contribution in [0.5, 0.6) is 0 Å². The van der Waals surface area contributed by atoms with Crippen molar-refractivity contribution in [2.45, 2.75) is 115 Å². The van der Waals surface area contributed by atoms with E-state index in [2.05, 4.69) is 61.3 Å². The van der Waals surface area contributed by atoms with Gasteiger partial charge in [-0.05, 0) is 62.6 Å². The number of H-pyrrole nitrogens is 2. The van der Waals surface area contributed by atoms with Gasteiger partial charge in [0, 0.05) is 68.2 Å². The maximum Gasteiger partial charge on any atom is 0.106 e. The summed E-state index contributed by atoms with van der Waals surface area (Å²) in [5, 5.41) is 15.1. The third-order valence-corrected chi connectivity index (χ3v) is 9.07. The SMILES string of the molecule is CCCN(C1CCCCC1)[C@H]1CC[C@H](NCc2ccc(C(O)C(Cc3ncc[nH]3)Cc3ncc[nH]3)cc2)CC1. The highest BCUT2D eigenvalue weighted by Gasteiger charge is 2.30. The van der Waals surface area contributed by atoms with Crippen LogP contribution in [0.2, 0.25) is 0 Å². The van der Waals surface area contributed by atoms with E-state index in [-0.39, 0.29) is 5.92 Å². The summed E-state index contributed by atoms with van der Waals surface area (Å²) in [5.74, 6) is 1.75. The summed E-state index contributed by atoms with van der Waals surface area (Å²) in [4.78, 5) is 18.0. The van der Waals surface area contributed by atoms with Crippen LogP contribution in [0.15, 0.2) is 49.1 Å². The van der Waals surface area contributed by atoms with Crippen molar-refractivity contribution >= 4 is 0 Å². The molecule has 0 spiro atoms. The standard InChI is InChI=1S/C32H48N6O/c1-2-20-38(28-6-4-3-5-7-28)29-14-12-27(13-15-29)37-23-24-8-10-25(11-9-24)32(39)26(21-30-33-16-17-34-30)22-31-35-18-19-36-31/h8-11,16-19,26-29,32,37,39H,2-7,12-15,20-23H2,1H3,(H,33,34)(H,35,36)/t27-,29-,32?. The van der Waals surface area contributed by atoms with E-state index in [9.17, 15) is 5.11 Å². The average Bonchev–Trinajstić information content (AvgIpc) is 3.70. The van der Waals surface area contributed by atoms with Gasteiger partial charge in [-0.25, -0.2) is 9.97 Å². The van der Waals surface area contributed by atoms with Gasteiger partial charge in [0.05, 0.1) is 6.10 Å². The van der Waals surface area contributed by atoms with Crippen molar-refractivity contribution in [3.63, 3.8) is 0 Å². The van der Waals surface area contributed by atoms with Crippen LogP contribution >= 0.6 is 0 Å². The van der Waals surface area contributed by atoms with E-state index in [4.69, 9.17) is 0 Å². The van der Waals surface area contributed by atoms with Crippen LogP contribution in [0, 0.1) is 5.92 Å². The Kier molecular flexibility index (Phi) is 10.2. The lowest BCUT2D eigenvalue weighted by molar-refractivity contribution is 0.0746. The molecule has 1 atom stereocenters. The monoisotopic (exact) mass is 532 g/mol. The molecule has 1 unspecified atom stereocenters. The Balaban J connectivity index is 1.11. The molecule has 2 aliphatic rings. The molecule has 212 valence electrons. The first-order valence-corrected chi connectivity index (χ1v) is 15.4. The van der Waals surface area contributed by atoms with Crippen molar-refractivity contribution in [3.05, 3.63) is 71.8 Å². The first-order chi connectivity index (χ1) is 19.2. The molecule has 0 amide bonds. The first kappa shape index (κ1) is 28.1. The largest absolute Gasteiger partial charge is 0.388 e. The zero-order valence-electron chi connectivity index (χ0n) is 23.7. The lowest BCUT2D eigenvalue weighted by atomic mass is 9.86. The number of aromatic amines is 2. The molecular weight excluding hydrogens is 484 g/mol. The number of rotatable bonds is 13. The van der Waals surface area contributed by atoms with Crippen LogP contribution in [0.25, 0.3) is 0 Å². The summed E-state index contributed by atoms with van der Waals surface area (Å²) in [7, 11) is 0. The molecular formula is C32H48N6O. The molecule has 2 heterocycles. The molecule has 0 bridgehead atoms. The third kappa shape index (κ3) is 7.80. The highest BCUT2D eigenvalue weighted by Crippen LogP contribution is 2.31. The predicted octanol–water partition coefficient (Wildman–Crippen LogP) is 5.71. The second-order valence-electron chi connectivity index (χ2n) is 11.8. The highest BCUT2D eigenvalue weighted by molar-refractivity contribution is 5.25. The van der Waals surface area contributed by atoms with E-state index < -0.39 is 6.10 Å². The summed E-state index contributed by atoms with van der Waals surface area (Å²) >= 11 is 0. The van der Waals surface area contributed by atoms with Gasteiger partial charge in [-0.1, -0.05) is 50.5 Å². The smallest absolute Gasteiger partial charge is 0.106 e. The van der Waals surface area contributed by atoms with E-state index in [1.807, 2.05) is 12.4 Å². The molecule has 2 aliphatic carbocycles. The van der Waals surface area contributed by atoms with Crippen molar-refractivity contribution in [1.82, 2.24) is 30.2 Å². The van der Waals surface area contributed by atoms with Gasteiger partial charge in [0.25, 0.3) is 0 Å². The van der Waals surface area contributed by atoms with Gasteiger partial charge in [-0.15, -0.1) is 0 Å². The second-order valence-corrected chi connectivity index (χ2v) is 11.8. The Morgan fingerprint density at radius 3 is 2.05 bits per heavy atom. The summed E-state index contributed by atoms with van der Waals surface area (Å²) in [5.41, 5.74) is 2.22. The lowest BCUT2D eigenvalue weighted by Gasteiger charge is -2.43. The molecule has 7 heteroatoms. The molecule has 1 aromatic carbocycles. The van der Waals surface area contributed by atoms with Crippen LogP contribution in [0.3, 0.4) is 0 Å². The quantitative estimate of drug-likeness (QED) is 0.226. The Bertz CT molecular complexity index is 1020. The van der Waals surface area contributed by atoms with Crippen molar-refractivity contribution in [2.75, 3.05) is 6.54 Å². The van der Waals surface area contributed by atoms with Gasteiger partial charge in [0.2, 0.25) is 0 Å². The summed E-state index contributed by atoms with van der Waals surface area (Å²) in [6.45, 7) is 4.50. The Morgan fingerprint density at radius 2 is 1.49 bits per heavy atom. The first-order valence-electron chi connectivity index (χ1n) is 15.4. The van der Waals surface area contributed by atoms with E-state index in [0.29, 0.717) is 18.9 Å². The highest BCUT2D eigenvalue weighted by atomic mass is 16.3. The van der Waals surface area contributed by atoms with Crippen molar-refractivity contribution in [3.8, 4) is 0 Å². The zero-order valence-corrected chi connectivity index (χ0v) is 23.7. The zero-order chi connectivity index (χ0) is 26.9. The van der Waals surface area contributed by atoms with Gasteiger partial charge in [0.15, 0.2) is 0 Å². The van der Waals surface area contributed by atoms with Crippen LogP contribution < -0.4 is 5.32 Å². The Labute approximate surface area is 234 Å². The minimum absolute atomic E-state index is 0.0256. The molecule has 3 aromatic rings. The number of benzene rings is 1. The molecule has 0 saturated heterocycles. The van der Waals surface area contributed by atoms with E-state index in [1.165, 1.54) is 76.3 Å². The summed E-state index contributed by atoms with van der Waals surface area (Å²) in [6.07, 6.45) is 21.5. The number of aliphatic hydroxyl groups excluding tert-OH is 1. The summed E-state index contributed by atoms with van der Waals surface area (Å²) < 4.78 is 0. The molecule has 4 N–H and O–H groups in total. The maximum atomic E-state index is 11.3. The van der Waals surface area contributed by atoms with Crippen molar-refractivity contribution in [2.24, 2.45) is 5.92 Å². The summed E-state index contributed by atoms with van der Waals surface area (Å²) in [6, 6.07) is 10.7. The van der Waals surface area contributed by atoms with Gasteiger partial charge < -0.3 is 20.4 Å². The Hall–Kier alpha value is -2.48. The van der Waals surface area contributed by atoms with Crippen molar-refractivity contribution in [1.29, 1.82) is 0 Å². The molecule has 39 heavy (non-hydrogen) atoms. The lowest BCUT2D eigenvalue weighted by Crippen LogP contribution is -2.48. The van der Waals surface area contributed by atoms with Crippen LogP contribution in [0.4, 0.5) is 0 Å². The fourth-order valence-corrected chi connectivity index (χ4v) is 6.92. The van der Waals surface area contributed by atoms with Crippen LogP contribution in [-0.4, -0.2) is 54.6 Å². The molecule has 0 radical (unpaired) electrons. The maximum absolute atomic E-state index is 11.3. The minimum Gasteiger partial charge on any atom is -0.388 e. The number of aliphatic hydroxyl groups is 1. The van der Waals surface area contributed by atoms with Crippen LogP contribution in [0.1, 0.15) is 100 Å². The Morgan fingerprint density at radius 1 is 0.872 bits per heavy atom. The normalized spacial score (nSPS) is 21.5. The van der Waals surface area contributed by atoms with Crippen molar-refractivity contribution < 1.29 is 5.11 Å². The van der Waals surface area contributed by atoms with Gasteiger partial charge in [-0.3, -0.25) is 4.90 Å².